The second-order valence-corrected chi connectivity index (χ2v) is 4.07. The van der Waals surface area contributed by atoms with Crippen molar-refractivity contribution < 1.29 is 9.59 Å². The van der Waals surface area contributed by atoms with E-state index in [4.69, 9.17) is 0 Å². The summed E-state index contributed by atoms with van der Waals surface area (Å²) in [7, 11) is 0. The molecule has 4 heteroatoms. The highest BCUT2D eigenvalue weighted by Crippen LogP contribution is 2.15. The lowest BCUT2D eigenvalue weighted by Crippen LogP contribution is -2.37. The van der Waals surface area contributed by atoms with Crippen LogP contribution >= 0.6 is 0 Å². The maximum atomic E-state index is 11.9. The Morgan fingerprint density at radius 3 is 2.53 bits per heavy atom. The van der Waals surface area contributed by atoms with Crippen molar-refractivity contribution in [2.75, 3.05) is 13.1 Å². The lowest BCUT2D eigenvalue weighted by molar-refractivity contribution is -0.125. The van der Waals surface area contributed by atoms with Crippen LogP contribution in [0.1, 0.15) is 40.0 Å². The molecule has 0 N–H and O–H groups in total. The van der Waals surface area contributed by atoms with Crippen LogP contribution in [-0.4, -0.2) is 40.9 Å². The second kappa shape index (κ2) is 5.14. The third-order valence-electron chi connectivity index (χ3n) is 2.94. The van der Waals surface area contributed by atoms with E-state index in [1.54, 1.807) is 4.90 Å². The number of hydrogen-bond donors (Lipinski definition) is 0. The van der Waals surface area contributed by atoms with Crippen molar-refractivity contribution in [1.29, 1.82) is 0 Å². The number of hydrogen-bond acceptors (Lipinski definition) is 2. The summed E-state index contributed by atoms with van der Waals surface area (Å²) < 4.78 is 0. The smallest absolute Gasteiger partial charge is 0.312 e. The van der Waals surface area contributed by atoms with Crippen LogP contribution in [0.4, 0.5) is 4.79 Å². The van der Waals surface area contributed by atoms with Gasteiger partial charge in [-0.3, -0.25) is 9.69 Å². The van der Waals surface area contributed by atoms with Crippen molar-refractivity contribution in [3.8, 4) is 0 Å². The first-order valence-electron chi connectivity index (χ1n) is 5.72. The molecule has 0 aromatic carbocycles. The van der Waals surface area contributed by atoms with Crippen LogP contribution in [0.25, 0.3) is 0 Å². The van der Waals surface area contributed by atoms with Gasteiger partial charge in [-0.05, 0) is 19.8 Å². The van der Waals surface area contributed by atoms with E-state index in [-0.39, 0.29) is 24.5 Å². The van der Waals surface area contributed by atoms with E-state index in [1.807, 2.05) is 13.8 Å². The first-order chi connectivity index (χ1) is 7.11. The standard InChI is InChI=1S/C11H20N2O2/c1-4-6-7-12-10(14)8-13(11(12)15)9(3)5-2/h9H,4-8H2,1-3H3. The van der Waals surface area contributed by atoms with Gasteiger partial charge in [0.1, 0.15) is 6.54 Å². The fourth-order valence-corrected chi connectivity index (χ4v) is 1.66. The van der Waals surface area contributed by atoms with Gasteiger partial charge in [0.2, 0.25) is 5.91 Å². The molecule has 1 fully saturated rings. The van der Waals surface area contributed by atoms with Crippen LogP contribution in [0.15, 0.2) is 0 Å². The Bertz CT molecular complexity index is 253. The van der Waals surface area contributed by atoms with Crippen molar-refractivity contribution in [2.45, 2.75) is 46.1 Å². The van der Waals surface area contributed by atoms with Gasteiger partial charge in [-0.25, -0.2) is 4.79 Å². The Hall–Kier alpha value is -1.06. The van der Waals surface area contributed by atoms with Gasteiger partial charge in [-0.1, -0.05) is 20.3 Å². The third kappa shape index (κ3) is 2.49. The maximum Gasteiger partial charge on any atom is 0.327 e. The van der Waals surface area contributed by atoms with E-state index < -0.39 is 0 Å². The van der Waals surface area contributed by atoms with Crippen molar-refractivity contribution in [3.63, 3.8) is 0 Å². The minimum Gasteiger partial charge on any atom is -0.312 e. The number of unbranched alkanes of at least 4 members (excludes halogenated alkanes) is 1. The molecule has 0 saturated carbocycles. The van der Waals surface area contributed by atoms with Crippen LogP contribution in [0.3, 0.4) is 0 Å². The van der Waals surface area contributed by atoms with E-state index in [9.17, 15) is 9.59 Å². The Balaban J connectivity index is 2.62. The average molecular weight is 212 g/mol. The van der Waals surface area contributed by atoms with E-state index in [2.05, 4.69) is 6.92 Å². The van der Waals surface area contributed by atoms with Gasteiger partial charge < -0.3 is 4.90 Å². The molecule has 4 nitrogen and oxygen atoms in total. The molecule has 1 rings (SSSR count). The normalized spacial score (nSPS) is 18.9. The molecule has 1 aliphatic heterocycles. The predicted octanol–water partition coefficient (Wildman–Crippen LogP) is 1.85. The average Bonchev–Trinajstić information content (AvgIpc) is 2.51. The molecule has 0 aliphatic carbocycles. The minimum atomic E-state index is -0.109. The molecule has 3 amide bonds. The number of nitrogens with zero attached hydrogens (tertiary/aromatic N) is 2. The molecule has 0 aromatic heterocycles. The highest BCUT2D eigenvalue weighted by molar-refractivity contribution is 6.02. The van der Waals surface area contributed by atoms with Crippen LogP contribution < -0.4 is 0 Å². The molecular formula is C11H20N2O2. The summed E-state index contributed by atoms with van der Waals surface area (Å²) in [4.78, 5) is 26.5. The zero-order valence-corrected chi connectivity index (χ0v) is 9.82. The zero-order chi connectivity index (χ0) is 11.4. The van der Waals surface area contributed by atoms with Crippen LogP contribution in [0.5, 0.6) is 0 Å². The predicted molar refractivity (Wildman–Crippen MR) is 58.5 cm³/mol. The first-order valence-corrected chi connectivity index (χ1v) is 5.72. The summed E-state index contributed by atoms with van der Waals surface area (Å²) in [6, 6.07) is 0.0517. The molecule has 1 heterocycles. The van der Waals surface area contributed by atoms with Crippen molar-refractivity contribution in [1.82, 2.24) is 9.80 Å². The monoisotopic (exact) mass is 212 g/mol. The number of amides is 3. The van der Waals surface area contributed by atoms with E-state index in [0.29, 0.717) is 6.54 Å². The summed E-state index contributed by atoms with van der Waals surface area (Å²) in [6.07, 6.45) is 2.78. The summed E-state index contributed by atoms with van der Waals surface area (Å²) >= 11 is 0. The molecule has 1 aliphatic rings. The van der Waals surface area contributed by atoms with Gasteiger partial charge in [-0.2, -0.15) is 0 Å². The summed E-state index contributed by atoms with van der Waals surface area (Å²) in [5, 5.41) is 0. The number of rotatable bonds is 5. The van der Waals surface area contributed by atoms with Crippen LogP contribution in [0.2, 0.25) is 0 Å². The Morgan fingerprint density at radius 1 is 1.33 bits per heavy atom. The summed E-state index contributed by atoms with van der Waals surface area (Å²) in [5.41, 5.74) is 0. The molecular weight excluding hydrogens is 192 g/mol. The fraction of sp³-hybridized carbons (Fsp3) is 0.818. The van der Waals surface area contributed by atoms with Gasteiger partial charge in [0, 0.05) is 12.6 Å². The Morgan fingerprint density at radius 2 is 2.00 bits per heavy atom. The highest BCUT2D eigenvalue weighted by atomic mass is 16.2. The topological polar surface area (TPSA) is 40.6 Å². The van der Waals surface area contributed by atoms with E-state index in [1.165, 1.54) is 4.90 Å². The highest BCUT2D eigenvalue weighted by Gasteiger charge is 2.37. The number of carbonyl (C=O) groups excluding carboxylic acids is 2. The van der Waals surface area contributed by atoms with Crippen LogP contribution in [-0.2, 0) is 4.79 Å². The Labute approximate surface area is 91.2 Å². The van der Waals surface area contributed by atoms with Gasteiger partial charge in [0.15, 0.2) is 0 Å². The second-order valence-electron chi connectivity index (χ2n) is 4.07. The minimum absolute atomic E-state index is 0.0475. The van der Waals surface area contributed by atoms with Crippen molar-refractivity contribution in [2.24, 2.45) is 0 Å². The molecule has 15 heavy (non-hydrogen) atoms. The lowest BCUT2D eigenvalue weighted by atomic mass is 10.2. The van der Waals surface area contributed by atoms with Gasteiger partial charge in [0.25, 0.3) is 0 Å². The van der Waals surface area contributed by atoms with Gasteiger partial charge in [0.05, 0.1) is 0 Å². The molecule has 0 bridgehead atoms. The van der Waals surface area contributed by atoms with E-state index >= 15 is 0 Å². The largest absolute Gasteiger partial charge is 0.327 e. The zero-order valence-electron chi connectivity index (χ0n) is 9.82. The molecule has 1 unspecified atom stereocenters. The van der Waals surface area contributed by atoms with Crippen LogP contribution in [0, 0.1) is 0 Å². The molecule has 0 spiro atoms. The number of carbonyl (C=O) groups is 2. The van der Waals surface area contributed by atoms with Gasteiger partial charge >= 0.3 is 6.03 Å². The van der Waals surface area contributed by atoms with Crippen molar-refractivity contribution >= 4 is 11.9 Å². The fourth-order valence-electron chi connectivity index (χ4n) is 1.66. The molecule has 0 radical (unpaired) electrons. The number of imide groups is 1. The summed E-state index contributed by atoms with van der Waals surface area (Å²) in [6.45, 7) is 6.89. The SMILES string of the molecule is CCCCN1C(=O)CN(C(C)CC)C1=O. The lowest BCUT2D eigenvalue weighted by Gasteiger charge is -2.22. The first kappa shape index (κ1) is 12.0. The molecule has 1 saturated heterocycles. The molecule has 86 valence electrons. The van der Waals surface area contributed by atoms with Gasteiger partial charge in [-0.15, -0.1) is 0 Å². The number of urea groups is 1. The Kier molecular flexibility index (Phi) is 4.12. The quantitative estimate of drug-likeness (QED) is 0.652. The maximum absolute atomic E-state index is 11.9. The van der Waals surface area contributed by atoms with E-state index in [0.717, 1.165) is 19.3 Å². The molecule has 0 aromatic rings. The summed E-state index contributed by atoms with van der Waals surface area (Å²) in [5.74, 6) is -0.0475. The van der Waals surface area contributed by atoms with Crippen molar-refractivity contribution in [3.05, 3.63) is 0 Å². The molecule has 1 atom stereocenters. The third-order valence-corrected chi connectivity index (χ3v) is 2.94.